The number of carbonyl (C=O) groups is 3. The molecular weight excluding hydrogens is 342 g/mol. The molecule has 0 aromatic heterocycles. The fraction of sp³-hybridized carbons (Fsp3) is 0.235. The van der Waals surface area contributed by atoms with Crippen LogP contribution < -0.4 is 10.2 Å². The molecule has 2 atom stereocenters. The number of hydrogen-bond donors (Lipinski definition) is 1. The second-order valence-corrected chi connectivity index (χ2v) is 5.64. The van der Waals surface area contributed by atoms with Crippen molar-refractivity contribution < 1.29 is 24.0 Å². The van der Waals surface area contributed by atoms with E-state index in [1.807, 2.05) is 0 Å². The number of hydrogen-bond acceptors (Lipinski definition) is 6. The van der Waals surface area contributed by atoms with Gasteiger partial charge in [0.15, 0.2) is 0 Å². The summed E-state index contributed by atoms with van der Waals surface area (Å²) in [7, 11) is 0. The van der Waals surface area contributed by atoms with E-state index in [2.05, 4.69) is 5.32 Å². The predicted molar refractivity (Wildman–Crippen MR) is 91.5 cm³/mol. The van der Waals surface area contributed by atoms with Crippen LogP contribution in [0.15, 0.2) is 42.5 Å². The zero-order chi connectivity index (χ0) is 18.8. The van der Waals surface area contributed by atoms with Gasteiger partial charge in [0.2, 0.25) is 11.8 Å². The number of ether oxygens (including phenoxy) is 1. The number of allylic oxidation sites excluding steroid dienone is 2. The van der Waals surface area contributed by atoms with Gasteiger partial charge in [-0.25, -0.2) is 9.69 Å². The van der Waals surface area contributed by atoms with Crippen LogP contribution in [0, 0.1) is 22.0 Å². The van der Waals surface area contributed by atoms with Crippen molar-refractivity contribution in [3.05, 3.63) is 52.6 Å². The minimum absolute atomic E-state index is 0.0808. The Kier molecular flexibility index (Phi) is 4.53. The fourth-order valence-electron chi connectivity index (χ4n) is 2.93. The lowest BCUT2D eigenvalue weighted by Gasteiger charge is -2.15. The molecule has 0 bridgehead atoms. The molecule has 9 nitrogen and oxygen atoms in total. The summed E-state index contributed by atoms with van der Waals surface area (Å²) in [5, 5.41) is 13.6. The lowest BCUT2D eigenvalue weighted by molar-refractivity contribution is -0.383. The molecule has 1 aromatic carbocycles. The molecule has 1 saturated heterocycles. The van der Waals surface area contributed by atoms with Crippen molar-refractivity contribution in [1.29, 1.82) is 0 Å². The number of nitro benzene ring substituents is 1. The molecule has 9 heteroatoms. The molecule has 1 N–H and O–H groups in total. The van der Waals surface area contributed by atoms with Crippen LogP contribution in [0.2, 0.25) is 0 Å². The van der Waals surface area contributed by atoms with Gasteiger partial charge in [-0.1, -0.05) is 24.3 Å². The van der Waals surface area contributed by atoms with Crippen LogP contribution >= 0.6 is 0 Å². The van der Waals surface area contributed by atoms with Crippen molar-refractivity contribution in [2.45, 2.75) is 6.92 Å². The zero-order valence-corrected chi connectivity index (χ0v) is 13.7. The maximum atomic E-state index is 12.5. The van der Waals surface area contributed by atoms with Gasteiger partial charge in [0, 0.05) is 6.07 Å². The first-order valence-corrected chi connectivity index (χ1v) is 7.89. The highest BCUT2D eigenvalue weighted by atomic mass is 16.6. The molecule has 1 heterocycles. The lowest BCUT2D eigenvalue weighted by Crippen LogP contribution is -2.30. The van der Waals surface area contributed by atoms with Crippen LogP contribution in [0.5, 0.6) is 0 Å². The number of nitrogens with zero attached hydrogens (tertiary/aromatic N) is 2. The van der Waals surface area contributed by atoms with Gasteiger partial charge in [-0.05, 0) is 19.1 Å². The number of anilines is 2. The van der Waals surface area contributed by atoms with E-state index >= 15 is 0 Å². The molecule has 0 spiro atoms. The number of fused-ring (bicyclic) bond motifs is 1. The average Bonchev–Trinajstić information content (AvgIpc) is 2.87. The van der Waals surface area contributed by atoms with E-state index in [1.54, 1.807) is 31.2 Å². The smallest absolute Gasteiger partial charge is 0.411 e. The molecular formula is C17H15N3O6. The molecule has 1 aromatic rings. The molecule has 1 aliphatic heterocycles. The Hall–Kier alpha value is -3.49. The van der Waals surface area contributed by atoms with Gasteiger partial charge < -0.3 is 4.74 Å². The molecule has 3 rings (SSSR count). The molecule has 1 fully saturated rings. The third-order valence-electron chi connectivity index (χ3n) is 4.09. The van der Waals surface area contributed by atoms with Gasteiger partial charge in [-0.3, -0.25) is 25.0 Å². The second-order valence-electron chi connectivity index (χ2n) is 5.64. The van der Waals surface area contributed by atoms with Crippen LogP contribution in [0.25, 0.3) is 0 Å². The van der Waals surface area contributed by atoms with Crippen molar-refractivity contribution in [2.75, 3.05) is 16.8 Å². The molecule has 26 heavy (non-hydrogen) atoms. The summed E-state index contributed by atoms with van der Waals surface area (Å²) in [6.45, 7) is 1.71. The summed E-state index contributed by atoms with van der Waals surface area (Å²) in [5.74, 6) is -2.10. The number of carbonyl (C=O) groups excluding carboxylic acids is 3. The zero-order valence-electron chi connectivity index (χ0n) is 13.7. The molecule has 2 aliphatic rings. The van der Waals surface area contributed by atoms with Crippen LogP contribution in [0.3, 0.4) is 0 Å². The number of imide groups is 1. The first-order valence-electron chi connectivity index (χ1n) is 7.89. The van der Waals surface area contributed by atoms with Crippen molar-refractivity contribution in [1.82, 2.24) is 0 Å². The van der Waals surface area contributed by atoms with E-state index in [9.17, 15) is 24.5 Å². The summed E-state index contributed by atoms with van der Waals surface area (Å²) < 4.78 is 4.70. The Bertz CT molecular complexity index is 830. The third kappa shape index (κ3) is 2.94. The summed E-state index contributed by atoms with van der Waals surface area (Å²) in [5.41, 5.74) is -0.456. The first-order chi connectivity index (χ1) is 12.4. The van der Waals surface area contributed by atoms with Crippen molar-refractivity contribution >= 4 is 35.0 Å². The Balaban J connectivity index is 1.95. The standard InChI is InChI=1S/C17H15N3O6/c1-2-26-17(23)18-13-8-7-10(9-14(13)20(24)25)19-15(21)11-5-3-4-6-12(11)16(19)22/h3-9,11-12H,2H2,1H3,(H,18,23). The Labute approximate surface area is 148 Å². The highest BCUT2D eigenvalue weighted by Crippen LogP contribution is 2.37. The molecule has 1 aliphatic carbocycles. The fourth-order valence-corrected chi connectivity index (χ4v) is 2.93. The predicted octanol–water partition coefficient (Wildman–Crippen LogP) is 2.39. The van der Waals surface area contributed by atoms with E-state index in [1.165, 1.54) is 12.1 Å². The Morgan fingerprint density at radius 3 is 2.38 bits per heavy atom. The number of nitro groups is 1. The maximum absolute atomic E-state index is 12.5. The molecule has 134 valence electrons. The van der Waals surface area contributed by atoms with E-state index in [-0.39, 0.29) is 18.0 Å². The van der Waals surface area contributed by atoms with Gasteiger partial charge >= 0.3 is 6.09 Å². The van der Waals surface area contributed by atoms with Crippen molar-refractivity contribution in [2.24, 2.45) is 11.8 Å². The summed E-state index contributed by atoms with van der Waals surface area (Å²) in [6, 6.07) is 3.72. The Morgan fingerprint density at radius 2 is 1.85 bits per heavy atom. The van der Waals surface area contributed by atoms with Crippen LogP contribution in [0.4, 0.5) is 21.9 Å². The van der Waals surface area contributed by atoms with Crippen molar-refractivity contribution in [3.63, 3.8) is 0 Å². The quantitative estimate of drug-likeness (QED) is 0.502. The van der Waals surface area contributed by atoms with Crippen molar-refractivity contribution in [3.8, 4) is 0 Å². The number of rotatable bonds is 4. The van der Waals surface area contributed by atoms with Crippen LogP contribution in [0.1, 0.15) is 6.92 Å². The topological polar surface area (TPSA) is 119 Å². The van der Waals surface area contributed by atoms with Gasteiger partial charge in [0.1, 0.15) is 5.69 Å². The van der Waals surface area contributed by atoms with Gasteiger partial charge in [-0.15, -0.1) is 0 Å². The molecule has 2 unspecified atom stereocenters. The number of benzene rings is 1. The largest absolute Gasteiger partial charge is 0.450 e. The second kappa shape index (κ2) is 6.79. The number of amides is 3. The Morgan fingerprint density at radius 1 is 1.23 bits per heavy atom. The average molecular weight is 357 g/mol. The highest BCUT2D eigenvalue weighted by Gasteiger charge is 2.46. The highest BCUT2D eigenvalue weighted by molar-refractivity contribution is 6.23. The lowest BCUT2D eigenvalue weighted by atomic mass is 9.91. The normalized spacial score (nSPS) is 20.9. The van der Waals surface area contributed by atoms with Gasteiger partial charge in [0.05, 0.1) is 29.1 Å². The van der Waals surface area contributed by atoms with E-state index in [0.717, 1.165) is 11.0 Å². The maximum Gasteiger partial charge on any atom is 0.411 e. The SMILES string of the molecule is CCOC(=O)Nc1ccc(N2C(=O)C3C=CC=CC3C2=O)cc1[N+](=O)[O-]. The van der Waals surface area contributed by atoms with Crippen LogP contribution in [-0.2, 0) is 14.3 Å². The molecule has 0 radical (unpaired) electrons. The molecule has 0 saturated carbocycles. The van der Waals surface area contributed by atoms with E-state index < -0.39 is 40.4 Å². The van der Waals surface area contributed by atoms with Gasteiger partial charge in [0.25, 0.3) is 5.69 Å². The minimum Gasteiger partial charge on any atom is -0.450 e. The third-order valence-corrected chi connectivity index (χ3v) is 4.09. The molecule has 3 amide bonds. The van der Waals surface area contributed by atoms with E-state index in [4.69, 9.17) is 4.74 Å². The monoisotopic (exact) mass is 357 g/mol. The number of nitrogens with one attached hydrogen (secondary N) is 1. The first kappa shape index (κ1) is 17.3. The summed E-state index contributed by atoms with van der Waals surface area (Å²) in [6.07, 6.45) is 5.80. The minimum atomic E-state index is -0.835. The van der Waals surface area contributed by atoms with Crippen LogP contribution in [-0.4, -0.2) is 29.4 Å². The van der Waals surface area contributed by atoms with Gasteiger partial charge in [-0.2, -0.15) is 0 Å². The summed E-state index contributed by atoms with van der Waals surface area (Å²) >= 11 is 0. The van der Waals surface area contributed by atoms with E-state index in [0.29, 0.717) is 0 Å². The summed E-state index contributed by atoms with van der Waals surface area (Å²) in [4.78, 5) is 48.2.